The molecule has 0 aromatic carbocycles. The van der Waals surface area contributed by atoms with E-state index in [1.165, 1.54) is 23.7 Å². The predicted molar refractivity (Wildman–Crippen MR) is 80.2 cm³/mol. The summed E-state index contributed by atoms with van der Waals surface area (Å²) in [5.74, 6) is 0. The van der Waals surface area contributed by atoms with Gasteiger partial charge in [0.1, 0.15) is 5.65 Å². The molecule has 20 heavy (non-hydrogen) atoms. The quantitative estimate of drug-likeness (QED) is 0.854. The zero-order chi connectivity index (χ0) is 14.1. The Bertz CT molecular complexity index is 682. The SMILES string of the molecule is C[C@@H]1CCCCN1Cc1cc(=O)n2cc(Cl)ccc2n1. The van der Waals surface area contributed by atoms with Gasteiger partial charge in [-0.15, -0.1) is 0 Å². The Morgan fingerprint density at radius 1 is 1.40 bits per heavy atom. The Morgan fingerprint density at radius 3 is 3.05 bits per heavy atom. The zero-order valence-electron chi connectivity index (χ0n) is 11.6. The number of halogens is 1. The second kappa shape index (κ2) is 5.54. The number of nitrogens with zero attached hydrogens (tertiary/aromatic N) is 3. The largest absolute Gasteiger partial charge is 0.295 e. The van der Waals surface area contributed by atoms with Crippen molar-refractivity contribution in [1.29, 1.82) is 0 Å². The third kappa shape index (κ3) is 2.72. The smallest absolute Gasteiger partial charge is 0.258 e. The Balaban J connectivity index is 1.92. The highest BCUT2D eigenvalue weighted by atomic mass is 35.5. The van der Waals surface area contributed by atoms with Crippen molar-refractivity contribution in [2.24, 2.45) is 0 Å². The van der Waals surface area contributed by atoms with E-state index >= 15 is 0 Å². The minimum absolute atomic E-state index is 0.0721. The lowest BCUT2D eigenvalue weighted by atomic mass is 10.0. The molecule has 0 unspecified atom stereocenters. The first-order valence-electron chi connectivity index (χ1n) is 7.05. The highest BCUT2D eigenvalue weighted by Crippen LogP contribution is 2.18. The molecule has 5 heteroatoms. The minimum Gasteiger partial charge on any atom is -0.295 e. The van der Waals surface area contributed by atoms with E-state index in [4.69, 9.17) is 11.6 Å². The van der Waals surface area contributed by atoms with Crippen LogP contribution in [0.25, 0.3) is 5.65 Å². The van der Waals surface area contributed by atoms with Crippen LogP contribution in [0.15, 0.2) is 29.2 Å². The summed E-state index contributed by atoms with van der Waals surface area (Å²) < 4.78 is 1.49. The third-order valence-electron chi connectivity index (χ3n) is 3.98. The van der Waals surface area contributed by atoms with Crippen LogP contribution in [0.3, 0.4) is 0 Å². The first-order valence-corrected chi connectivity index (χ1v) is 7.43. The monoisotopic (exact) mass is 291 g/mol. The summed E-state index contributed by atoms with van der Waals surface area (Å²) in [6.07, 6.45) is 5.36. The first-order chi connectivity index (χ1) is 9.63. The van der Waals surface area contributed by atoms with Gasteiger partial charge in [-0.05, 0) is 38.4 Å². The fourth-order valence-electron chi connectivity index (χ4n) is 2.81. The molecule has 4 nitrogen and oxygen atoms in total. The number of fused-ring (bicyclic) bond motifs is 1. The summed E-state index contributed by atoms with van der Waals surface area (Å²) in [6.45, 7) is 4.07. The molecule has 3 heterocycles. The summed E-state index contributed by atoms with van der Waals surface area (Å²) in [5, 5.41) is 0.541. The van der Waals surface area contributed by atoms with Gasteiger partial charge in [0.2, 0.25) is 0 Å². The van der Waals surface area contributed by atoms with E-state index in [2.05, 4.69) is 16.8 Å². The number of likely N-dealkylation sites (tertiary alicyclic amines) is 1. The summed E-state index contributed by atoms with van der Waals surface area (Å²) in [6, 6.07) is 5.72. The molecule has 1 aliphatic rings. The molecule has 1 saturated heterocycles. The molecule has 1 atom stereocenters. The standard InChI is InChI=1S/C15H18ClN3O/c1-11-4-2-3-7-18(11)10-13-8-15(20)19-9-12(16)5-6-14(19)17-13/h5-6,8-9,11H,2-4,7,10H2,1H3/t11-/m1/s1. The zero-order valence-corrected chi connectivity index (χ0v) is 12.3. The van der Waals surface area contributed by atoms with Gasteiger partial charge in [-0.1, -0.05) is 18.0 Å². The number of pyridine rings is 1. The molecule has 0 radical (unpaired) electrons. The minimum atomic E-state index is -0.0721. The highest BCUT2D eigenvalue weighted by molar-refractivity contribution is 6.30. The molecule has 0 amide bonds. The van der Waals surface area contributed by atoms with E-state index in [9.17, 15) is 4.79 Å². The van der Waals surface area contributed by atoms with E-state index in [1.807, 2.05) is 0 Å². The molecule has 0 N–H and O–H groups in total. The second-order valence-corrected chi connectivity index (χ2v) is 5.91. The molecule has 0 spiro atoms. The van der Waals surface area contributed by atoms with Gasteiger partial charge in [-0.2, -0.15) is 0 Å². The Labute approximate surface area is 123 Å². The average molecular weight is 292 g/mol. The molecular weight excluding hydrogens is 274 g/mol. The van der Waals surface area contributed by atoms with Gasteiger partial charge >= 0.3 is 0 Å². The van der Waals surface area contributed by atoms with Gasteiger partial charge < -0.3 is 0 Å². The maximum Gasteiger partial charge on any atom is 0.258 e. The van der Waals surface area contributed by atoms with Gasteiger partial charge in [0.05, 0.1) is 10.7 Å². The Morgan fingerprint density at radius 2 is 2.25 bits per heavy atom. The molecule has 0 bridgehead atoms. The maximum absolute atomic E-state index is 12.1. The molecule has 1 aliphatic heterocycles. The molecule has 2 aromatic rings. The van der Waals surface area contributed by atoms with Crippen molar-refractivity contribution in [2.75, 3.05) is 6.54 Å². The van der Waals surface area contributed by atoms with Crippen molar-refractivity contribution in [3.05, 3.63) is 45.5 Å². The van der Waals surface area contributed by atoms with Crippen molar-refractivity contribution in [3.8, 4) is 0 Å². The van der Waals surface area contributed by atoms with Crippen LogP contribution in [0.2, 0.25) is 5.02 Å². The molecular formula is C15H18ClN3O. The van der Waals surface area contributed by atoms with Crippen molar-refractivity contribution >= 4 is 17.2 Å². The number of aromatic nitrogens is 2. The van der Waals surface area contributed by atoms with Crippen LogP contribution in [0.5, 0.6) is 0 Å². The highest BCUT2D eigenvalue weighted by Gasteiger charge is 2.19. The number of hydrogen-bond donors (Lipinski definition) is 0. The van der Waals surface area contributed by atoms with E-state index in [-0.39, 0.29) is 5.56 Å². The summed E-state index contributed by atoms with van der Waals surface area (Å²) in [5.41, 5.74) is 1.42. The predicted octanol–water partition coefficient (Wildman–Crippen LogP) is 2.72. The fraction of sp³-hybridized carbons (Fsp3) is 0.467. The fourth-order valence-corrected chi connectivity index (χ4v) is 2.97. The Kier molecular flexibility index (Phi) is 3.76. The topological polar surface area (TPSA) is 37.6 Å². The molecule has 3 rings (SSSR count). The van der Waals surface area contributed by atoms with Crippen molar-refractivity contribution < 1.29 is 0 Å². The molecule has 0 saturated carbocycles. The first kappa shape index (κ1) is 13.6. The summed E-state index contributed by atoms with van der Waals surface area (Å²) in [4.78, 5) is 19.1. The van der Waals surface area contributed by atoms with Gasteiger partial charge in [0, 0.05) is 24.8 Å². The summed E-state index contributed by atoms with van der Waals surface area (Å²) >= 11 is 5.91. The van der Waals surface area contributed by atoms with Crippen LogP contribution >= 0.6 is 11.6 Å². The van der Waals surface area contributed by atoms with E-state index in [0.29, 0.717) is 16.7 Å². The van der Waals surface area contributed by atoms with Crippen LogP contribution in [-0.2, 0) is 6.54 Å². The van der Waals surface area contributed by atoms with E-state index in [0.717, 1.165) is 18.8 Å². The second-order valence-electron chi connectivity index (χ2n) is 5.48. The molecule has 2 aromatic heterocycles. The molecule has 1 fully saturated rings. The van der Waals surface area contributed by atoms with E-state index in [1.54, 1.807) is 24.4 Å². The normalized spacial score (nSPS) is 20.4. The molecule has 0 aliphatic carbocycles. The van der Waals surface area contributed by atoms with Gasteiger partial charge in [0.15, 0.2) is 0 Å². The summed E-state index contributed by atoms with van der Waals surface area (Å²) in [7, 11) is 0. The van der Waals surface area contributed by atoms with E-state index < -0.39 is 0 Å². The Hall–Kier alpha value is -1.39. The number of rotatable bonds is 2. The van der Waals surface area contributed by atoms with Crippen LogP contribution in [0.1, 0.15) is 31.9 Å². The van der Waals surface area contributed by atoms with Gasteiger partial charge in [0.25, 0.3) is 5.56 Å². The van der Waals surface area contributed by atoms with Gasteiger partial charge in [-0.3, -0.25) is 14.1 Å². The number of hydrogen-bond acceptors (Lipinski definition) is 3. The van der Waals surface area contributed by atoms with Crippen LogP contribution in [-0.4, -0.2) is 26.9 Å². The van der Waals surface area contributed by atoms with Crippen LogP contribution in [0.4, 0.5) is 0 Å². The lowest BCUT2D eigenvalue weighted by Crippen LogP contribution is -2.37. The van der Waals surface area contributed by atoms with Crippen molar-refractivity contribution in [2.45, 2.75) is 38.8 Å². The molecule has 106 valence electrons. The van der Waals surface area contributed by atoms with Crippen molar-refractivity contribution in [1.82, 2.24) is 14.3 Å². The van der Waals surface area contributed by atoms with Gasteiger partial charge in [-0.25, -0.2) is 4.98 Å². The lowest BCUT2D eigenvalue weighted by Gasteiger charge is -2.32. The lowest BCUT2D eigenvalue weighted by molar-refractivity contribution is 0.151. The third-order valence-corrected chi connectivity index (χ3v) is 4.21. The maximum atomic E-state index is 12.1. The van der Waals surface area contributed by atoms with Crippen LogP contribution < -0.4 is 5.56 Å². The average Bonchev–Trinajstić information content (AvgIpc) is 2.42. The van der Waals surface area contributed by atoms with Crippen LogP contribution in [0, 0.1) is 0 Å². The number of piperidine rings is 1. The van der Waals surface area contributed by atoms with Crippen molar-refractivity contribution in [3.63, 3.8) is 0 Å².